The number of piperazine rings is 1. The van der Waals surface area contributed by atoms with Crippen LogP contribution >= 0.6 is 11.6 Å². The van der Waals surface area contributed by atoms with Gasteiger partial charge in [0.15, 0.2) is 5.76 Å². The molecule has 2 aliphatic heterocycles. The van der Waals surface area contributed by atoms with Crippen LogP contribution < -0.4 is 0 Å². The normalized spacial score (nSPS) is 18.3. The van der Waals surface area contributed by atoms with Gasteiger partial charge in [0.25, 0.3) is 5.91 Å². The molecular formula is C23H28ClN3O3. The van der Waals surface area contributed by atoms with Gasteiger partial charge in [-0.3, -0.25) is 14.5 Å². The summed E-state index contributed by atoms with van der Waals surface area (Å²) in [6.07, 6.45) is 4.64. The van der Waals surface area contributed by atoms with Crippen molar-refractivity contribution in [2.45, 2.75) is 25.7 Å². The van der Waals surface area contributed by atoms with Crippen molar-refractivity contribution in [3.63, 3.8) is 0 Å². The Morgan fingerprint density at radius 1 is 0.833 bits per heavy atom. The summed E-state index contributed by atoms with van der Waals surface area (Å²) >= 11 is 6.23. The first-order valence-corrected chi connectivity index (χ1v) is 11.1. The van der Waals surface area contributed by atoms with Gasteiger partial charge in [-0.05, 0) is 37.1 Å². The number of likely N-dealkylation sites (tertiary alicyclic amines) is 1. The molecule has 2 fully saturated rings. The summed E-state index contributed by atoms with van der Waals surface area (Å²) < 4.78 is 5.80. The summed E-state index contributed by atoms with van der Waals surface area (Å²) in [4.78, 5) is 31.4. The van der Waals surface area contributed by atoms with Gasteiger partial charge in [-0.1, -0.05) is 36.6 Å². The molecule has 2 amide bonds. The molecule has 160 valence electrons. The highest BCUT2D eigenvalue weighted by atomic mass is 35.5. The molecule has 3 heterocycles. The van der Waals surface area contributed by atoms with Gasteiger partial charge < -0.3 is 14.2 Å². The minimum absolute atomic E-state index is 0.119. The van der Waals surface area contributed by atoms with E-state index in [4.69, 9.17) is 16.0 Å². The van der Waals surface area contributed by atoms with Crippen LogP contribution in [0.25, 0.3) is 11.3 Å². The van der Waals surface area contributed by atoms with Crippen LogP contribution in [0.2, 0.25) is 5.02 Å². The second-order valence-electron chi connectivity index (χ2n) is 8.01. The third-order valence-electron chi connectivity index (χ3n) is 5.93. The predicted molar refractivity (Wildman–Crippen MR) is 117 cm³/mol. The summed E-state index contributed by atoms with van der Waals surface area (Å²) in [6, 6.07) is 10.9. The topological polar surface area (TPSA) is 57.0 Å². The maximum absolute atomic E-state index is 12.8. The molecule has 0 radical (unpaired) electrons. The van der Waals surface area contributed by atoms with Crippen molar-refractivity contribution >= 4 is 23.4 Å². The number of halogens is 1. The Labute approximate surface area is 182 Å². The second-order valence-corrected chi connectivity index (χ2v) is 8.41. The van der Waals surface area contributed by atoms with Gasteiger partial charge in [0, 0.05) is 44.8 Å². The lowest BCUT2D eigenvalue weighted by Gasteiger charge is -2.35. The van der Waals surface area contributed by atoms with Gasteiger partial charge in [-0.25, -0.2) is 0 Å². The SMILES string of the molecule is O=C(CN1CCN(C(=O)c2ccc(-c3ccccc3Cl)o2)CC1)N1CCCCCC1. The lowest BCUT2D eigenvalue weighted by atomic mass is 10.2. The molecule has 2 aromatic rings. The standard InChI is InChI=1S/C23H28ClN3O3/c24-19-8-4-3-7-18(19)20-9-10-21(30-20)23(29)27-15-13-25(14-16-27)17-22(28)26-11-5-1-2-6-12-26/h3-4,7-10H,1-2,5-6,11-17H2. The van der Waals surface area contributed by atoms with Crippen LogP contribution in [0.1, 0.15) is 36.2 Å². The molecule has 2 aliphatic rings. The Bertz CT molecular complexity index is 881. The number of nitrogens with zero attached hydrogens (tertiary/aromatic N) is 3. The second kappa shape index (κ2) is 9.67. The van der Waals surface area contributed by atoms with E-state index in [1.807, 2.05) is 23.1 Å². The van der Waals surface area contributed by atoms with Gasteiger partial charge >= 0.3 is 0 Å². The fourth-order valence-electron chi connectivity index (χ4n) is 4.13. The van der Waals surface area contributed by atoms with Gasteiger partial charge in [-0.15, -0.1) is 0 Å². The molecule has 1 aromatic carbocycles. The number of hydrogen-bond donors (Lipinski definition) is 0. The van der Waals surface area contributed by atoms with Crippen molar-refractivity contribution in [3.8, 4) is 11.3 Å². The number of benzene rings is 1. The molecule has 2 saturated heterocycles. The molecule has 0 bridgehead atoms. The molecule has 0 aliphatic carbocycles. The molecule has 0 spiro atoms. The third-order valence-corrected chi connectivity index (χ3v) is 6.26. The van der Waals surface area contributed by atoms with Crippen LogP contribution in [0.4, 0.5) is 0 Å². The summed E-state index contributed by atoms with van der Waals surface area (Å²) in [5, 5.41) is 0.591. The molecule has 0 atom stereocenters. The summed E-state index contributed by atoms with van der Waals surface area (Å²) in [5.74, 6) is 1.00. The number of carbonyl (C=O) groups is 2. The van der Waals surface area contributed by atoms with Gasteiger partial charge in [-0.2, -0.15) is 0 Å². The smallest absolute Gasteiger partial charge is 0.289 e. The zero-order chi connectivity index (χ0) is 20.9. The minimum atomic E-state index is -0.119. The highest BCUT2D eigenvalue weighted by Gasteiger charge is 2.26. The fourth-order valence-corrected chi connectivity index (χ4v) is 4.36. The van der Waals surface area contributed by atoms with Crippen molar-refractivity contribution in [3.05, 3.63) is 47.2 Å². The first kappa shape index (κ1) is 20.9. The Morgan fingerprint density at radius 2 is 1.53 bits per heavy atom. The molecule has 7 heteroatoms. The molecule has 0 N–H and O–H groups in total. The minimum Gasteiger partial charge on any atom is -0.451 e. The Balaban J connectivity index is 1.30. The van der Waals surface area contributed by atoms with Crippen molar-refractivity contribution in [1.29, 1.82) is 0 Å². The zero-order valence-corrected chi connectivity index (χ0v) is 17.9. The Kier molecular flexibility index (Phi) is 6.75. The number of carbonyl (C=O) groups excluding carboxylic acids is 2. The number of rotatable bonds is 4. The average Bonchev–Trinajstić information content (AvgIpc) is 3.08. The molecule has 0 saturated carbocycles. The van der Waals surface area contributed by atoms with Crippen molar-refractivity contribution in [2.24, 2.45) is 0 Å². The van der Waals surface area contributed by atoms with E-state index in [-0.39, 0.29) is 11.8 Å². The molecule has 6 nitrogen and oxygen atoms in total. The zero-order valence-electron chi connectivity index (χ0n) is 17.2. The average molecular weight is 430 g/mol. The molecule has 4 rings (SSSR count). The van der Waals surface area contributed by atoms with Gasteiger partial charge in [0.05, 0.1) is 11.6 Å². The predicted octanol–water partition coefficient (Wildman–Crippen LogP) is 3.76. The largest absolute Gasteiger partial charge is 0.451 e. The van der Waals surface area contributed by atoms with E-state index in [2.05, 4.69) is 4.90 Å². The maximum Gasteiger partial charge on any atom is 0.289 e. The Hall–Kier alpha value is -2.31. The maximum atomic E-state index is 12.8. The quantitative estimate of drug-likeness (QED) is 0.742. The lowest BCUT2D eigenvalue weighted by molar-refractivity contribution is -0.132. The third kappa shape index (κ3) is 4.87. The lowest BCUT2D eigenvalue weighted by Crippen LogP contribution is -2.51. The van der Waals surface area contributed by atoms with E-state index in [1.54, 1.807) is 23.1 Å². The van der Waals surface area contributed by atoms with Crippen LogP contribution in [0.15, 0.2) is 40.8 Å². The highest BCUT2D eigenvalue weighted by molar-refractivity contribution is 6.33. The van der Waals surface area contributed by atoms with E-state index < -0.39 is 0 Å². The molecule has 0 unspecified atom stereocenters. The van der Waals surface area contributed by atoms with E-state index in [1.165, 1.54) is 12.8 Å². The monoisotopic (exact) mass is 429 g/mol. The fraction of sp³-hybridized carbons (Fsp3) is 0.478. The highest BCUT2D eigenvalue weighted by Crippen LogP contribution is 2.29. The van der Waals surface area contributed by atoms with Crippen LogP contribution in [-0.4, -0.2) is 72.3 Å². The van der Waals surface area contributed by atoms with Crippen molar-refractivity contribution in [1.82, 2.24) is 14.7 Å². The van der Waals surface area contributed by atoms with Crippen molar-refractivity contribution in [2.75, 3.05) is 45.8 Å². The van der Waals surface area contributed by atoms with Crippen LogP contribution in [-0.2, 0) is 4.79 Å². The van der Waals surface area contributed by atoms with Gasteiger partial charge in [0.1, 0.15) is 5.76 Å². The first-order valence-electron chi connectivity index (χ1n) is 10.8. The molecular weight excluding hydrogens is 402 g/mol. The number of hydrogen-bond acceptors (Lipinski definition) is 4. The van der Waals surface area contributed by atoms with E-state index in [0.29, 0.717) is 49.3 Å². The van der Waals surface area contributed by atoms with E-state index in [9.17, 15) is 9.59 Å². The van der Waals surface area contributed by atoms with Gasteiger partial charge in [0.2, 0.25) is 5.91 Å². The summed E-state index contributed by atoms with van der Waals surface area (Å²) in [5.41, 5.74) is 0.773. The molecule has 1 aromatic heterocycles. The van der Waals surface area contributed by atoms with Crippen molar-refractivity contribution < 1.29 is 14.0 Å². The summed E-state index contributed by atoms with van der Waals surface area (Å²) in [6.45, 7) is 4.78. The Morgan fingerprint density at radius 3 is 2.23 bits per heavy atom. The van der Waals surface area contributed by atoms with E-state index >= 15 is 0 Å². The molecule has 30 heavy (non-hydrogen) atoms. The number of furan rings is 1. The summed E-state index contributed by atoms with van der Waals surface area (Å²) in [7, 11) is 0. The first-order chi connectivity index (χ1) is 14.6. The van der Waals surface area contributed by atoms with Crippen LogP contribution in [0.3, 0.4) is 0 Å². The number of amides is 2. The van der Waals surface area contributed by atoms with Crippen LogP contribution in [0, 0.1) is 0 Å². The van der Waals surface area contributed by atoms with E-state index in [0.717, 1.165) is 31.5 Å². The van der Waals surface area contributed by atoms with Crippen LogP contribution in [0.5, 0.6) is 0 Å².